The molecule has 0 spiro atoms. The molecular weight excluding hydrogens is 184 g/mol. The molecule has 0 atom stereocenters. The van der Waals surface area contributed by atoms with Crippen LogP contribution in [0.4, 0.5) is 5.88 Å². The van der Waals surface area contributed by atoms with Crippen molar-refractivity contribution >= 4 is 11.8 Å². The number of carbonyl (C=O) groups is 1. The topological polar surface area (TPSA) is 83.8 Å². The van der Waals surface area contributed by atoms with Gasteiger partial charge in [0.1, 0.15) is 5.69 Å². The van der Waals surface area contributed by atoms with Crippen LogP contribution in [0, 0.1) is 6.92 Å². The predicted octanol–water partition coefficient (Wildman–Crippen LogP) is 0.958. The zero-order valence-electron chi connectivity index (χ0n) is 7.44. The summed E-state index contributed by atoms with van der Waals surface area (Å²) in [5.41, 5.74) is 1.09. The van der Waals surface area contributed by atoms with E-state index < -0.39 is 0 Å². The van der Waals surface area contributed by atoms with E-state index in [1.807, 2.05) is 0 Å². The van der Waals surface area contributed by atoms with Crippen LogP contribution in [0.3, 0.4) is 0 Å². The van der Waals surface area contributed by atoms with E-state index in [1.54, 1.807) is 19.1 Å². The van der Waals surface area contributed by atoms with Gasteiger partial charge in [-0.3, -0.25) is 15.2 Å². The summed E-state index contributed by atoms with van der Waals surface area (Å²) >= 11 is 0. The molecule has 0 fully saturated rings. The van der Waals surface area contributed by atoms with Crippen LogP contribution in [0.2, 0.25) is 0 Å². The largest absolute Gasteiger partial charge is 0.338 e. The van der Waals surface area contributed by atoms with Gasteiger partial charge in [0, 0.05) is 12.3 Å². The number of rotatable bonds is 2. The molecule has 2 aromatic heterocycles. The molecule has 1 amide bonds. The second kappa shape index (κ2) is 3.33. The van der Waals surface area contributed by atoms with Crippen LogP contribution in [0.5, 0.6) is 0 Å². The molecule has 2 rings (SSSR count). The molecule has 0 aromatic carbocycles. The monoisotopic (exact) mass is 192 g/mol. The van der Waals surface area contributed by atoms with Crippen LogP contribution >= 0.6 is 0 Å². The fraction of sp³-hybridized carbons (Fsp3) is 0.125. The van der Waals surface area contributed by atoms with Gasteiger partial charge >= 0.3 is 0 Å². The fourth-order valence-electron chi connectivity index (χ4n) is 0.984. The summed E-state index contributed by atoms with van der Waals surface area (Å²) in [4.78, 5) is 11.4. The fourth-order valence-corrected chi connectivity index (χ4v) is 0.984. The van der Waals surface area contributed by atoms with E-state index in [1.165, 1.54) is 6.20 Å². The van der Waals surface area contributed by atoms with Crippen molar-refractivity contribution in [3.63, 3.8) is 0 Å². The summed E-state index contributed by atoms with van der Waals surface area (Å²) in [6.45, 7) is 1.77. The second-order valence-electron chi connectivity index (χ2n) is 2.76. The first kappa shape index (κ1) is 8.49. The maximum Gasteiger partial charge on any atom is 0.276 e. The number of nitrogens with zero attached hydrogens (tertiary/aromatic N) is 2. The number of carbonyl (C=O) groups excluding carboxylic acids is 1. The lowest BCUT2D eigenvalue weighted by Crippen LogP contribution is -2.11. The Kier molecular flexibility index (Phi) is 2.02. The molecule has 0 aliphatic carbocycles. The van der Waals surface area contributed by atoms with Crippen LogP contribution in [0.15, 0.2) is 22.9 Å². The van der Waals surface area contributed by atoms with Crippen LogP contribution < -0.4 is 5.32 Å². The van der Waals surface area contributed by atoms with Gasteiger partial charge in [-0.05, 0) is 13.0 Å². The van der Waals surface area contributed by atoms with Gasteiger partial charge < -0.3 is 4.52 Å². The van der Waals surface area contributed by atoms with Gasteiger partial charge in [-0.15, -0.1) is 0 Å². The van der Waals surface area contributed by atoms with E-state index in [4.69, 9.17) is 4.52 Å². The normalized spacial score (nSPS) is 10.1. The smallest absolute Gasteiger partial charge is 0.276 e. The van der Waals surface area contributed by atoms with Crippen molar-refractivity contribution < 1.29 is 9.32 Å². The number of hydrogen-bond acceptors (Lipinski definition) is 4. The van der Waals surface area contributed by atoms with Crippen molar-refractivity contribution in [2.45, 2.75) is 6.92 Å². The van der Waals surface area contributed by atoms with Crippen molar-refractivity contribution in [1.29, 1.82) is 0 Å². The van der Waals surface area contributed by atoms with Crippen LogP contribution in [0.25, 0.3) is 0 Å². The molecule has 14 heavy (non-hydrogen) atoms. The third-order valence-corrected chi connectivity index (χ3v) is 1.61. The quantitative estimate of drug-likeness (QED) is 0.742. The van der Waals surface area contributed by atoms with Gasteiger partial charge in [0.25, 0.3) is 5.91 Å². The highest BCUT2D eigenvalue weighted by molar-refractivity contribution is 6.01. The molecule has 6 nitrogen and oxygen atoms in total. The standard InChI is InChI=1S/C8H8N4O2/c1-5-4-7(14-12-5)10-8(13)6-2-3-9-11-6/h2-4H,1H3,(H,9,11)(H,10,13). The lowest BCUT2D eigenvalue weighted by Gasteiger charge is -1.95. The highest BCUT2D eigenvalue weighted by Crippen LogP contribution is 2.09. The average Bonchev–Trinajstić information content (AvgIpc) is 2.75. The Morgan fingerprint density at radius 1 is 1.64 bits per heavy atom. The molecule has 0 aliphatic heterocycles. The molecule has 2 heterocycles. The van der Waals surface area contributed by atoms with Gasteiger partial charge in [0.2, 0.25) is 5.88 Å². The van der Waals surface area contributed by atoms with Crippen molar-refractivity contribution in [2.24, 2.45) is 0 Å². The van der Waals surface area contributed by atoms with Crippen LogP contribution in [0.1, 0.15) is 16.2 Å². The number of aromatic amines is 1. The number of nitrogens with one attached hydrogen (secondary N) is 2. The Hall–Kier alpha value is -2.11. The van der Waals surface area contributed by atoms with Gasteiger partial charge in [0.05, 0.1) is 5.69 Å². The summed E-state index contributed by atoms with van der Waals surface area (Å²) < 4.78 is 4.82. The van der Waals surface area contributed by atoms with Crippen molar-refractivity contribution in [1.82, 2.24) is 15.4 Å². The van der Waals surface area contributed by atoms with Crippen molar-refractivity contribution in [2.75, 3.05) is 5.32 Å². The molecule has 0 bridgehead atoms. The van der Waals surface area contributed by atoms with Crippen LogP contribution in [-0.4, -0.2) is 21.3 Å². The van der Waals surface area contributed by atoms with Gasteiger partial charge in [-0.25, -0.2) is 0 Å². The number of aryl methyl sites for hydroxylation is 1. The Balaban J connectivity index is 2.09. The highest BCUT2D eigenvalue weighted by atomic mass is 16.5. The Morgan fingerprint density at radius 3 is 3.07 bits per heavy atom. The van der Waals surface area contributed by atoms with Gasteiger partial charge in [0.15, 0.2) is 0 Å². The molecular formula is C8H8N4O2. The van der Waals surface area contributed by atoms with Crippen molar-refractivity contribution in [3.8, 4) is 0 Å². The van der Waals surface area contributed by atoms with E-state index in [0.29, 0.717) is 17.3 Å². The summed E-state index contributed by atoms with van der Waals surface area (Å²) in [7, 11) is 0. The Labute approximate surface area is 79.3 Å². The minimum absolute atomic E-state index is 0.307. The first-order chi connectivity index (χ1) is 6.75. The van der Waals surface area contributed by atoms with Gasteiger partial charge in [-0.2, -0.15) is 5.10 Å². The number of amides is 1. The molecule has 72 valence electrons. The van der Waals surface area contributed by atoms with E-state index in [9.17, 15) is 4.79 Å². The lowest BCUT2D eigenvalue weighted by molar-refractivity contribution is 0.101. The first-order valence-electron chi connectivity index (χ1n) is 4.00. The van der Waals surface area contributed by atoms with Crippen molar-refractivity contribution in [3.05, 3.63) is 29.7 Å². The summed E-state index contributed by atoms with van der Waals surface area (Å²) in [6.07, 6.45) is 1.50. The molecule has 0 radical (unpaired) electrons. The Bertz CT molecular complexity index is 432. The summed E-state index contributed by atoms with van der Waals surface area (Å²) in [6, 6.07) is 3.20. The SMILES string of the molecule is Cc1cc(NC(=O)c2ccn[nH]2)on1. The number of hydrogen-bond donors (Lipinski definition) is 2. The van der Waals surface area contributed by atoms with E-state index >= 15 is 0 Å². The zero-order chi connectivity index (χ0) is 9.97. The molecule has 2 N–H and O–H groups in total. The number of aromatic nitrogens is 3. The third kappa shape index (κ3) is 1.63. The molecule has 0 saturated heterocycles. The maximum atomic E-state index is 11.4. The maximum absolute atomic E-state index is 11.4. The van der Waals surface area contributed by atoms with Gasteiger partial charge in [-0.1, -0.05) is 5.16 Å². The predicted molar refractivity (Wildman–Crippen MR) is 47.8 cm³/mol. The molecule has 0 aliphatic rings. The van der Waals surface area contributed by atoms with Crippen LogP contribution in [-0.2, 0) is 0 Å². The van der Waals surface area contributed by atoms with E-state index in [-0.39, 0.29) is 5.91 Å². The number of H-pyrrole nitrogens is 1. The highest BCUT2D eigenvalue weighted by Gasteiger charge is 2.09. The third-order valence-electron chi connectivity index (χ3n) is 1.61. The molecule has 6 heteroatoms. The number of anilines is 1. The lowest BCUT2D eigenvalue weighted by atomic mass is 10.4. The first-order valence-corrected chi connectivity index (χ1v) is 4.00. The average molecular weight is 192 g/mol. The minimum atomic E-state index is -0.307. The van der Waals surface area contributed by atoms with E-state index in [0.717, 1.165) is 0 Å². The van der Waals surface area contributed by atoms with E-state index in [2.05, 4.69) is 20.7 Å². The second-order valence-corrected chi connectivity index (χ2v) is 2.76. The summed E-state index contributed by atoms with van der Waals surface area (Å²) in [5.74, 6) is 0.0146. The molecule has 0 unspecified atom stereocenters. The minimum Gasteiger partial charge on any atom is -0.338 e. The zero-order valence-corrected chi connectivity index (χ0v) is 7.44. The summed E-state index contributed by atoms with van der Waals surface area (Å²) in [5, 5.41) is 12.4. The Morgan fingerprint density at radius 2 is 2.50 bits per heavy atom. The molecule has 2 aromatic rings. The molecule has 0 saturated carbocycles.